The van der Waals surface area contributed by atoms with Crippen LogP contribution in [0, 0.1) is 20.8 Å². The van der Waals surface area contributed by atoms with E-state index in [-0.39, 0.29) is 0 Å². The second-order valence-electron chi connectivity index (χ2n) is 4.67. The average Bonchev–Trinajstić information content (AvgIpc) is 2.71. The summed E-state index contributed by atoms with van der Waals surface area (Å²) in [6, 6.07) is 6.28. The van der Waals surface area contributed by atoms with Gasteiger partial charge in [0.05, 0.1) is 5.69 Å². The molecular weight excluding hydrogens is 240 g/mol. The molecule has 0 amide bonds. The lowest BCUT2D eigenvalue weighted by atomic mass is 10.1. The lowest BCUT2D eigenvalue weighted by Crippen LogP contribution is -1.96. The van der Waals surface area contributed by atoms with Gasteiger partial charge >= 0.3 is 0 Å². The number of benzene rings is 1. The monoisotopic (exact) mass is 254 g/mol. The van der Waals surface area contributed by atoms with E-state index in [2.05, 4.69) is 52.5 Å². The van der Waals surface area contributed by atoms with Gasteiger partial charge in [0.1, 0.15) is 17.5 Å². The van der Waals surface area contributed by atoms with Crippen LogP contribution in [-0.4, -0.2) is 15.1 Å². The minimum atomic E-state index is 0.499. The van der Waals surface area contributed by atoms with Crippen molar-refractivity contribution in [2.24, 2.45) is 0 Å². The molecule has 0 saturated heterocycles. The number of nitrogens with one attached hydrogen (secondary N) is 1. The van der Waals surface area contributed by atoms with E-state index in [4.69, 9.17) is 4.52 Å². The third kappa shape index (κ3) is 2.14. The Labute approximate surface area is 110 Å². The van der Waals surface area contributed by atoms with E-state index < -0.39 is 0 Å². The Morgan fingerprint density at radius 1 is 1.00 bits per heavy atom. The maximum Gasteiger partial charge on any atom is 0.263 e. The smallest absolute Gasteiger partial charge is 0.263 e. The van der Waals surface area contributed by atoms with Gasteiger partial charge in [-0.15, -0.1) is 0 Å². The Bertz CT molecular complexity index is 728. The first-order chi connectivity index (χ1) is 9.13. The van der Waals surface area contributed by atoms with Gasteiger partial charge in [-0.2, -0.15) is 4.98 Å². The van der Waals surface area contributed by atoms with Gasteiger partial charge in [0.25, 0.3) is 5.71 Å². The molecular formula is C14H14N4O. The summed E-state index contributed by atoms with van der Waals surface area (Å²) in [4.78, 5) is 8.33. The number of fused-ring (bicyclic) bond motifs is 1. The molecule has 2 heterocycles. The highest BCUT2D eigenvalue weighted by Crippen LogP contribution is 2.26. The lowest BCUT2D eigenvalue weighted by molar-refractivity contribution is 0.442. The second-order valence-corrected chi connectivity index (χ2v) is 4.67. The first kappa shape index (κ1) is 11.6. The highest BCUT2D eigenvalue weighted by atomic mass is 16.5. The van der Waals surface area contributed by atoms with Gasteiger partial charge in [-0.3, -0.25) is 0 Å². The molecule has 0 bridgehead atoms. The normalized spacial score (nSPS) is 10.9. The van der Waals surface area contributed by atoms with Crippen molar-refractivity contribution in [3.8, 4) is 0 Å². The summed E-state index contributed by atoms with van der Waals surface area (Å²) in [5.41, 5.74) is 4.68. The van der Waals surface area contributed by atoms with Crippen LogP contribution in [0.15, 0.2) is 29.0 Å². The number of aromatic nitrogens is 3. The Balaban J connectivity index is 2.08. The van der Waals surface area contributed by atoms with Crippen LogP contribution in [0.25, 0.3) is 11.1 Å². The van der Waals surface area contributed by atoms with E-state index in [9.17, 15) is 0 Å². The topological polar surface area (TPSA) is 63.8 Å². The number of aryl methyl sites for hydroxylation is 3. The maximum absolute atomic E-state index is 5.13. The third-order valence-corrected chi connectivity index (χ3v) is 2.93. The molecule has 0 aliphatic heterocycles. The summed E-state index contributed by atoms with van der Waals surface area (Å²) in [5.74, 6) is 0.716. The largest absolute Gasteiger partial charge is 0.339 e. The van der Waals surface area contributed by atoms with Gasteiger partial charge < -0.3 is 9.84 Å². The maximum atomic E-state index is 5.13. The highest BCUT2D eigenvalue weighted by molar-refractivity contribution is 5.89. The number of anilines is 2. The van der Waals surface area contributed by atoms with Gasteiger partial charge in [-0.05, 0) is 44.0 Å². The van der Waals surface area contributed by atoms with Crippen molar-refractivity contribution in [3.05, 3.63) is 41.3 Å². The predicted molar refractivity (Wildman–Crippen MR) is 73.5 cm³/mol. The number of hydrogen-bond acceptors (Lipinski definition) is 5. The average molecular weight is 254 g/mol. The zero-order chi connectivity index (χ0) is 13.4. The summed E-state index contributed by atoms with van der Waals surface area (Å²) >= 11 is 0. The summed E-state index contributed by atoms with van der Waals surface area (Å²) in [7, 11) is 0. The Morgan fingerprint density at radius 2 is 1.74 bits per heavy atom. The Morgan fingerprint density at radius 3 is 2.47 bits per heavy atom. The second kappa shape index (κ2) is 4.35. The molecule has 1 N–H and O–H groups in total. The molecule has 0 spiro atoms. The van der Waals surface area contributed by atoms with Crippen LogP contribution >= 0.6 is 0 Å². The van der Waals surface area contributed by atoms with Crippen LogP contribution in [0.4, 0.5) is 11.5 Å². The molecule has 0 saturated carbocycles. The molecule has 5 heteroatoms. The van der Waals surface area contributed by atoms with Crippen molar-refractivity contribution >= 4 is 22.6 Å². The molecule has 0 radical (unpaired) electrons. The summed E-state index contributed by atoms with van der Waals surface area (Å²) in [6.45, 7) is 6.01. The minimum Gasteiger partial charge on any atom is -0.339 e. The Kier molecular flexibility index (Phi) is 2.67. The van der Waals surface area contributed by atoms with Crippen molar-refractivity contribution in [1.82, 2.24) is 15.1 Å². The SMILES string of the molecule is Cc1cc(C)cc(Nc2ncnc3onc(C)c23)c1. The first-order valence-corrected chi connectivity index (χ1v) is 6.06. The van der Waals surface area contributed by atoms with E-state index in [0.29, 0.717) is 11.5 Å². The van der Waals surface area contributed by atoms with Crippen LogP contribution in [0.2, 0.25) is 0 Å². The fourth-order valence-corrected chi connectivity index (χ4v) is 2.20. The van der Waals surface area contributed by atoms with Crippen LogP contribution in [0.1, 0.15) is 16.8 Å². The molecule has 0 unspecified atom stereocenters. The number of hydrogen-bond donors (Lipinski definition) is 1. The minimum absolute atomic E-state index is 0.499. The molecule has 19 heavy (non-hydrogen) atoms. The Hall–Kier alpha value is -2.43. The van der Waals surface area contributed by atoms with Gasteiger partial charge in [0, 0.05) is 5.69 Å². The molecule has 0 aliphatic carbocycles. The first-order valence-electron chi connectivity index (χ1n) is 6.06. The molecule has 5 nitrogen and oxygen atoms in total. The molecule has 0 fully saturated rings. The summed E-state index contributed by atoms with van der Waals surface area (Å²) in [5, 5.41) is 8.04. The van der Waals surface area contributed by atoms with Gasteiger partial charge in [-0.25, -0.2) is 4.98 Å². The molecule has 3 rings (SSSR count). The fraction of sp³-hybridized carbons (Fsp3) is 0.214. The van der Waals surface area contributed by atoms with Crippen molar-refractivity contribution in [2.45, 2.75) is 20.8 Å². The fourth-order valence-electron chi connectivity index (χ4n) is 2.20. The van der Waals surface area contributed by atoms with Gasteiger partial charge in [-0.1, -0.05) is 11.2 Å². The molecule has 3 aromatic rings. The van der Waals surface area contributed by atoms with Crippen molar-refractivity contribution < 1.29 is 4.52 Å². The number of nitrogens with zero attached hydrogens (tertiary/aromatic N) is 3. The van der Waals surface area contributed by atoms with Gasteiger partial charge in [0.15, 0.2) is 0 Å². The van der Waals surface area contributed by atoms with E-state index in [0.717, 1.165) is 16.8 Å². The molecule has 0 aliphatic rings. The summed E-state index contributed by atoms with van der Waals surface area (Å²) in [6.07, 6.45) is 1.47. The quantitative estimate of drug-likeness (QED) is 0.760. The highest BCUT2D eigenvalue weighted by Gasteiger charge is 2.12. The molecule has 0 atom stereocenters. The van der Waals surface area contributed by atoms with Crippen molar-refractivity contribution in [1.29, 1.82) is 0 Å². The van der Waals surface area contributed by atoms with Gasteiger partial charge in [0.2, 0.25) is 0 Å². The lowest BCUT2D eigenvalue weighted by Gasteiger charge is -2.08. The van der Waals surface area contributed by atoms with E-state index in [1.54, 1.807) is 0 Å². The van der Waals surface area contributed by atoms with E-state index in [1.165, 1.54) is 17.5 Å². The third-order valence-electron chi connectivity index (χ3n) is 2.93. The van der Waals surface area contributed by atoms with Crippen LogP contribution < -0.4 is 5.32 Å². The summed E-state index contributed by atoms with van der Waals surface area (Å²) < 4.78 is 5.13. The molecule has 1 aromatic carbocycles. The van der Waals surface area contributed by atoms with Crippen LogP contribution in [0.5, 0.6) is 0 Å². The van der Waals surface area contributed by atoms with Crippen molar-refractivity contribution in [2.75, 3.05) is 5.32 Å². The zero-order valence-corrected chi connectivity index (χ0v) is 11.1. The zero-order valence-electron chi connectivity index (χ0n) is 11.1. The van der Waals surface area contributed by atoms with Crippen molar-refractivity contribution in [3.63, 3.8) is 0 Å². The van der Waals surface area contributed by atoms with E-state index >= 15 is 0 Å². The number of rotatable bonds is 2. The van der Waals surface area contributed by atoms with Crippen LogP contribution in [-0.2, 0) is 0 Å². The van der Waals surface area contributed by atoms with E-state index in [1.807, 2.05) is 6.92 Å². The molecule has 2 aromatic heterocycles. The molecule has 96 valence electrons. The van der Waals surface area contributed by atoms with Crippen LogP contribution in [0.3, 0.4) is 0 Å². The predicted octanol–water partition coefficient (Wildman–Crippen LogP) is 3.29. The standard InChI is InChI=1S/C14H14N4O/c1-8-4-9(2)6-11(5-8)17-13-12-10(3)18-19-14(12)16-7-15-13/h4-7H,1-3H3,(H,15,16,17).